The normalized spacial score (nSPS) is 10.4. The van der Waals surface area contributed by atoms with Crippen LogP contribution in [0.15, 0.2) is 10.5 Å². The average Bonchev–Trinajstić information content (AvgIpc) is 2.35. The van der Waals surface area contributed by atoms with E-state index >= 15 is 0 Å². The fourth-order valence-corrected chi connectivity index (χ4v) is 2.53. The van der Waals surface area contributed by atoms with Crippen molar-refractivity contribution in [3.8, 4) is 17.2 Å². The molecule has 100 valence electrons. The van der Waals surface area contributed by atoms with Crippen molar-refractivity contribution in [3.05, 3.63) is 16.1 Å². The number of hydrogen-bond donors (Lipinski definition) is 0. The molecule has 0 atom stereocenters. The van der Waals surface area contributed by atoms with Gasteiger partial charge in [0, 0.05) is 0 Å². The Morgan fingerprint density at radius 2 is 1.56 bits per heavy atom. The molecular formula is C11H11Br3O4. The van der Waals surface area contributed by atoms with Crippen molar-refractivity contribution < 1.29 is 19.0 Å². The zero-order valence-electron chi connectivity index (χ0n) is 9.92. The van der Waals surface area contributed by atoms with Gasteiger partial charge in [-0.05, 0) is 22.0 Å². The van der Waals surface area contributed by atoms with Gasteiger partial charge in [0.2, 0.25) is 5.75 Å². The molecule has 1 aromatic rings. The van der Waals surface area contributed by atoms with Gasteiger partial charge in [-0.2, -0.15) is 0 Å². The molecule has 0 aliphatic rings. The van der Waals surface area contributed by atoms with Crippen LogP contribution >= 0.6 is 47.8 Å². The van der Waals surface area contributed by atoms with Crippen LogP contribution in [0.2, 0.25) is 0 Å². The van der Waals surface area contributed by atoms with E-state index in [0.717, 1.165) is 0 Å². The highest BCUT2D eigenvalue weighted by atomic mass is 79.9. The summed E-state index contributed by atoms with van der Waals surface area (Å²) in [4.78, 5) is 12.1. The number of carbonyl (C=O) groups excluding carboxylic acids is 1. The first-order valence-electron chi connectivity index (χ1n) is 4.78. The minimum absolute atomic E-state index is 0.173. The fraction of sp³-hybridized carbons (Fsp3) is 0.364. The van der Waals surface area contributed by atoms with Gasteiger partial charge in [-0.15, -0.1) is 0 Å². The molecule has 1 rings (SSSR count). The summed E-state index contributed by atoms with van der Waals surface area (Å²) >= 11 is 9.68. The summed E-state index contributed by atoms with van der Waals surface area (Å²) in [5.74, 6) is 1.02. The van der Waals surface area contributed by atoms with Crippen molar-refractivity contribution in [1.29, 1.82) is 0 Å². The Morgan fingerprint density at radius 1 is 1.06 bits per heavy atom. The molecule has 0 amide bonds. The topological polar surface area (TPSA) is 44.8 Å². The highest BCUT2D eigenvalue weighted by molar-refractivity contribution is 9.25. The Kier molecular flexibility index (Phi) is 5.94. The molecule has 0 aliphatic carbocycles. The van der Waals surface area contributed by atoms with Gasteiger partial charge in [-0.25, -0.2) is 0 Å². The molecule has 0 bridgehead atoms. The third-order valence-corrected chi connectivity index (χ3v) is 3.64. The minimum atomic E-state index is -0.496. The fourth-order valence-electron chi connectivity index (χ4n) is 1.47. The van der Waals surface area contributed by atoms with Crippen molar-refractivity contribution in [2.24, 2.45) is 0 Å². The highest BCUT2D eigenvalue weighted by Gasteiger charge is 2.25. The first kappa shape index (κ1) is 15.8. The van der Waals surface area contributed by atoms with Crippen LogP contribution in [-0.4, -0.2) is 30.8 Å². The van der Waals surface area contributed by atoms with Gasteiger partial charge < -0.3 is 14.2 Å². The molecule has 7 heteroatoms. The lowest BCUT2D eigenvalue weighted by molar-refractivity contribution is 0.101. The summed E-state index contributed by atoms with van der Waals surface area (Å²) in [6, 6.07) is 1.64. The summed E-state index contributed by atoms with van der Waals surface area (Å²) in [5, 5.41) is 0. The van der Waals surface area contributed by atoms with Crippen LogP contribution in [0.4, 0.5) is 0 Å². The summed E-state index contributed by atoms with van der Waals surface area (Å²) in [6.45, 7) is 0. The van der Waals surface area contributed by atoms with Crippen LogP contribution in [0.3, 0.4) is 0 Å². The second-order valence-electron chi connectivity index (χ2n) is 3.17. The lowest BCUT2D eigenvalue weighted by atomic mass is 10.1. The van der Waals surface area contributed by atoms with Crippen molar-refractivity contribution in [2.75, 3.05) is 21.3 Å². The van der Waals surface area contributed by atoms with E-state index in [9.17, 15) is 4.79 Å². The highest BCUT2D eigenvalue weighted by Crippen LogP contribution is 2.45. The maximum absolute atomic E-state index is 12.1. The van der Waals surface area contributed by atoms with Crippen LogP contribution in [0, 0.1) is 0 Å². The average molecular weight is 447 g/mol. The lowest BCUT2D eigenvalue weighted by Crippen LogP contribution is -2.10. The van der Waals surface area contributed by atoms with E-state index in [2.05, 4.69) is 47.8 Å². The van der Waals surface area contributed by atoms with Crippen molar-refractivity contribution in [3.63, 3.8) is 0 Å². The zero-order valence-corrected chi connectivity index (χ0v) is 14.7. The summed E-state index contributed by atoms with van der Waals surface area (Å²) < 4.78 is 15.8. The third kappa shape index (κ3) is 3.00. The maximum Gasteiger partial charge on any atom is 0.205 e. The zero-order chi connectivity index (χ0) is 13.9. The summed E-state index contributed by atoms with van der Waals surface area (Å²) in [7, 11) is 4.47. The molecule has 4 nitrogen and oxygen atoms in total. The lowest BCUT2D eigenvalue weighted by Gasteiger charge is -2.17. The van der Waals surface area contributed by atoms with Crippen LogP contribution < -0.4 is 14.2 Å². The number of hydrogen-bond acceptors (Lipinski definition) is 4. The van der Waals surface area contributed by atoms with Crippen molar-refractivity contribution >= 4 is 53.6 Å². The molecule has 0 fully saturated rings. The van der Waals surface area contributed by atoms with Gasteiger partial charge in [-0.1, -0.05) is 31.9 Å². The van der Waals surface area contributed by atoms with Gasteiger partial charge in [0.05, 0.1) is 31.4 Å². The van der Waals surface area contributed by atoms with Crippen LogP contribution in [-0.2, 0) is 0 Å². The third-order valence-electron chi connectivity index (χ3n) is 2.22. The number of rotatable bonds is 5. The standard InChI is InChI=1S/C11H11Br3O4/c1-16-8-5(7(15)11(13)14)4-6(12)9(17-2)10(8)18-3/h4,11H,1-3H3. The number of Topliss-reactive ketones (excluding diaryl/α,β-unsaturated/α-hetero) is 1. The molecule has 0 aromatic heterocycles. The minimum Gasteiger partial charge on any atom is -0.492 e. The number of alkyl halides is 2. The van der Waals surface area contributed by atoms with Gasteiger partial charge in [0.25, 0.3) is 0 Å². The number of ether oxygens (including phenoxy) is 3. The number of methoxy groups -OCH3 is 3. The van der Waals surface area contributed by atoms with E-state index in [1.807, 2.05) is 0 Å². The number of ketones is 1. The smallest absolute Gasteiger partial charge is 0.205 e. The van der Waals surface area contributed by atoms with Gasteiger partial charge in [0.1, 0.15) is 3.74 Å². The quantitative estimate of drug-likeness (QED) is 0.510. The maximum atomic E-state index is 12.1. The van der Waals surface area contributed by atoms with Crippen LogP contribution in [0.1, 0.15) is 10.4 Å². The molecule has 0 radical (unpaired) electrons. The predicted octanol–water partition coefficient (Wildman–Crippen LogP) is 3.77. The first-order valence-corrected chi connectivity index (χ1v) is 7.41. The molecule has 0 aliphatic heterocycles. The van der Waals surface area contributed by atoms with Gasteiger partial charge in [0.15, 0.2) is 17.3 Å². The first-order chi connectivity index (χ1) is 8.47. The number of benzene rings is 1. The van der Waals surface area contributed by atoms with Gasteiger partial charge in [-0.3, -0.25) is 4.79 Å². The Hall–Kier alpha value is -0.270. The van der Waals surface area contributed by atoms with Crippen molar-refractivity contribution in [1.82, 2.24) is 0 Å². The molecule has 0 unspecified atom stereocenters. The second kappa shape index (κ2) is 6.77. The molecule has 1 aromatic carbocycles. The van der Waals surface area contributed by atoms with E-state index in [4.69, 9.17) is 14.2 Å². The summed E-state index contributed by atoms with van der Waals surface area (Å²) in [5.41, 5.74) is 0.390. The molecule has 0 spiro atoms. The SMILES string of the molecule is COc1c(Br)cc(C(=O)C(Br)Br)c(OC)c1OC. The Balaban J connectivity index is 3.54. The van der Waals surface area contributed by atoms with E-state index in [1.54, 1.807) is 6.07 Å². The summed E-state index contributed by atoms with van der Waals surface area (Å²) in [6.07, 6.45) is 0. The van der Waals surface area contributed by atoms with E-state index in [-0.39, 0.29) is 5.78 Å². The predicted molar refractivity (Wildman–Crippen MR) is 79.8 cm³/mol. The van der Waals surface area contributed by atoms with Crippen LogP contribution in [0.5, 0.6) is 17.2 Å². The molecule has 18 heavy (non-hydrogen) atoms. The monoisotopic (exact) mass is 444 g/mol. The Bertz CT molecular complexity index is 460. The van der Waals surface area contributed by atoms with E-state index in [0.29, 0.717) is 27.3 Å². The van der Waals surface area contributed by atoms with Gasteiger partial charge >= 0.3 is 0 Å². The molecule has 0 N–H and O–H groups in total. The number of halogens is 3. The van der Waals surface area contributed by atoms with E-state index in [1.165, 1.54) is 21.3 Å². The van der Waals surface area contributed by atoms with Crippen molar-refractivity contribution in [2.45, 2.75) is 3.74 Å². The molecule has 0 saturated carbocycles. The Labute approximate surface area is 130 Å². The largest absolute Gasteiger partial charge is 0.492 e. The molecule has 0 saturated heterocycles. The molecular weight excluding hydrogens is 436 g/mol. The number of carbonyl (C=O) groups is 1. The molecule has 0 heterocycles. The van der Waals surface area contributed by atoms with Crippen LogP contribution in [0.25, 0.3) is 0 Å². The van der Waals surface area contributed by atoms with E-state index < -0.39 is 3.74 Å². The Morgan fingerprint density at radius 3 is 1.94 bits per heavy atom. The second-order valence-corrected chi connectivity index (χ2v) is 7.09.